The molecule has 11 nitrogen and oxygen atoms in total. The molecule has 0 saturated carbocycles. The normalized spacial score (nSPS) is 19.4. The van der Waals surface area contributed by atoms with Crippen molar-refractivity contribution in [2.24, 2.45) is 0 Å². The van der Waals surface area contributed by atoms with Gasteiger partial charge >= 0.3 is 6.03 Å². The predicted molar refractivity (Wildman–Crippen MR) is 130 cm³/mol. The third kappa shape index (κ3) is 4.39. The lowest BCUT2D eigenvalue weighted by Crippen LogP contribution is -2.42. The van der Waals surface area contributed by atoms with E-state index in [1.165, 1.54) is 21.3 Å². The number of carbonyl (C=O) groups is 4. The second-order valence-corrected chi connectivity index (χ2v) is 8.60. The Balaban J connectivity index is 1.48. The molecule has 0 unspecified atom stereocenters. The summed E-state index contributed by atoms with van der Waals surface area (Å²) in [4.78, 5) is 53.2. The Morgan fingerprint density at radius 2 is 1.67 bits per heavy atom. The maximum absolute atomic E-state index is 13.3. The number of amides is 5. The highest BCUT2D eigenvalue weighted by molar-refractivity contribution is 6.10. The highest BCUT2D eigenvalue weighted by Gasteiger charge is 2.50. The van der Waals surface area contributed by atoms with E-state index in [4.69, 9.17) is 14.2 Å². The summed E-state index contributed by atoms with van der Waals surface area (Å²) in [7, 11) is 4.36. The first-order valence-electron chi connectivity index (χ1n) is 11.4. The number of methoxy groups -OCH3 is 3. The third-order valence-electron chi connectivity index (χ3n) is 6.35. The molecular formula is C25H28N4O7. The molecule has 36 heavy (non-hydrogen) atoms. The van der Waals surface area contributed by atoms with Crippen LogP contribution in [-0.4, -0.2) is 63.1 Å². The van der Waals surface area contributed by atoms with Gasteiger partial charge in [0.15, 0.2) is 11.5 Å². The van der Waals surface area contributed by atoms with E-state index in [1.807, 2.05) is 0 Å². The zero-order chi connectivity index (χ0) is 26.0. The molecule has 2 aliphatic heterocycles. The molecule has 1 atom stereocenters. The van der Waals surface area contributed by atoms with Crippen molar-refractivity contribution in [3.05, 3.63) is 42.0 Å². The monoisotopic (exact) mass is 496 g/mol. The quantitative estimate of drug-likeness (QED) is 0.537. The number of nitrogens with one attached hydrogen (secondary N) is 2. The summed E-state index contributed by atoms with van der Waals surface area (Å²) >= 11 is 0. The van der Waals surface area contributed by atoms with Gasteiger partial charge in [-0.05, 0) is 55.3 Å². The van der Waals surface area contributed by atoms with Crippen LogP contribution >= 0.6 is 0 Å². The van der Waals surface area contributed by atoms with Gasteiger partial charge in [-0.2, -0.15) is 0 Å². The van der Waals surface area contributed by atoms with Gasteiger partial charge in [-0.25, -0.2) is 4.79 Å². The molecule has 2 aromatic rings. The number of rotatable bonds is 8. The SMILES string of the molecule is COc1cc([C@]2(C)NC(=O)N(CC(=O)Nc3ccc(N4CCCC4=O)cc3)C2=O)cc(OC)c1OC. The topological polar surface area (TPSA) is 127 Å². The van der Waals surface area contributed by atoms with E-state index < -0.39 is 29.9 Å². The fourth-order valence-corrected chi connectivity index (χ4v) is 4.40. The molecule has 0 bridgehead atoms. The van der Waals surface area contributed by atoms with Crippen LogP contribution in [0.2, 0.25) is 0 Å². The first-order valence-corrected chi connectivity index (χ1v) is 11.4. The van der Waals surface area contributed by atoms with Gasteiger partial charge < -0.3 is 29.7 Å². The van der Waals surface area contributed by atoms with E-state index >= 15 is 0 Å². The Morgan fingerprint density at radius 1 is 1.03 bits per heavy atom. The number of hydrogen-bond acceptors (Lipinski definition) is 7. The van der Waals surface area contributed by atoms with Crippen LogP contribution < -0.4 is 29.7 Å². The van der Waals surface area contributed by atoms with Crippen LogP contribution in [0.5, 0.6) is 17.2 Å². The molecular weight excluding hydrogens is 468 g/mol. The van der Waals surface area contributed by atoms with Gasteiger partial charge in [-0.15, -0.1) is 0 Å². The molecule has 2 fully saturated rings. The first-order chi connectivity index (χ1) is 17.2. The Kier molecular flexibility index (Phi) is 6.73. The number of imide groups is 1. The zero-order valence-electron chi connectivity index (χ0n) is 20.5. The van der Waals surface area contributed by atoms with Crippen molar-refractivity contribution in [1.29, 1.82) is 0 Å². The molecule has 0 aromatic heterocycles. The Bertz CT molecular complexity index is 1190. The fourth-order valence-electron chi connectivity index (χ4n) is 4.40. The van der Waals surface area contributed by atoms with Gasteiger partial charge in [0.25, 0.3) is 5.91 Å². The van der Waals surface area contributed by atoms with E-state index in [9.17, 15) is 19.2 Å². The average molecular weight is 497 g/mol. The molecule has 190 valence electrons. The van der Waals surface area contributed by atoms with Crippen LogP contribution in [0.25, 0.3) is 0 Å². The summed E-state index contributed by atoms with van der Waals surface area (Å²) in [6, 6.07) is 9.29. The van der Waals surface area contributed by atoms with Crippen LogP contribution in [-0.2, 0) is 19.9 Å². The molecule has 5 amide bonds. The molecule has 2 aliphatic rings. The molecule has 2 N–H and O–H groups in total. The largest absolute Gasteiger partial charge is 0.493 e. The lowest BCUT2D eigenvalue weighted by Gasteiger charge is -2.24. The molecule has 0 spiro atoms. The summed E-state index contributed by atoms with van der Waals surface area (Å²) in [5, 5.41) is 5.35. The third-order valence-corrected chi connectivity index (χ3v) is 6.35. The maximum Gasteiger partial charge on any atom is 0.325 e. The minimum Gasteiger partial charge on any atom is -0.493 e. The zero-order valence-corrected chi connectivity index (χ0v) is 20.5. The highest BCUT2D eigenvalue weighted by Crippen LogP contribution is 2.42. The Hall–Kier alpha value is -4.28. The minimum absolute atomic E-state index is 0.0699. The summed E-state index contributed by atoms with van der Waals surface area (Å²) < 4.78 is 16.0. The van der Waals surface area contributed by atoms with Crippen molar-refractivity contribution in [3.8, 4) is 17.2 Å². The number of nitrogens with zero attached hydrogens (tertiary/aromatic N) is 2. The lowest BCUT2D eigenvalue weighted by molar-refractivity contribution is -0.133. The number of anilines is 2. The number of urea groups is 1. The molecule has 0 radical (unpaired) electrons. The number of benzene rings is 2. The Labute approximate surface area is 208 Å². The molecule has 4 rings (SSSR count). The summed E-state index contributed by atoms with van der Waals surface area (Å²) in [5.41, 5.74) is 0.194. The van der Waals surface area contributed by atoms with Crippen molar-refractivity contribution >= 4 is 35.1 Å². The van der Waals surface area contributed by atoms with Crippen molar-refractivity contribution in [2.45, 2.75) is 25.3 Å². The Morgan fingerprint density at radius 3 is 2.19 bits per heavy atom. The van der Waals surface area contributed by atoms with Crippen LogP contribution in [0.4, 0.5) is 16.2 Å². The van der Waals surface area contributed by atoms with Crippen molar-refractivity contribution in [3.63, 3.8) is 0 Å². The van der Waals surface area contributed by atoms with Gasteiger partial charge in [0.1, 0.15) is 12.1 Å². The minimum atomic E-state index is -1.45. The maximum atomic E-state index is 13.3. The molecule has 2 saturated heterocycles. The van der Waals surface area contributed by atoms with E-state index in [1.54, 1.807) is 48.2 Å². The van der Waals surface area contributed by atoms with Crippen molar-refractivity contribution < 1.29 is 33.4 Å². The molecule has 11 heteroatoms. The molecule has 0 aliphatic carbocycles. The predicted octanol–water partition coefficient (Wildman–Crippen LogP) is 2.24. The number of ether oxygens (including phenoxy) is 3. The van der Waals surface area contributed by atoms with Gasteiger partial charge in [0.2, 0.25) is 17.6 Å². The number of carbonyl (C=O) groups excluding carboxylic acids is 4. The summed E-state index contributed by atoms with van der Waals surface area (Å²) in [5.74, 6) is -0.0748. The second-order valence-electron chi connectivity index (χ2n) is 8.60. The molecule has 2 heterocycles. The van der Waals surface area contributed by atoms with Crippen LogP contribution in [0.3, 0.4) is 0 Å². The smallest absolute Gasteiger partial charge is 0.325 e. The van der Waals surface area contributed by atoms with Crippen molar-refractivity contribution in [2.75, 3.05) is 44.6 Å². The number of hydrogen-bond donors (Lipinski definition) is 2. The molecule has 2 aromatic carbocycles. The van der Waals surface area contributed by atoms with E-state index in [0.29, 0.717) is 41.5 Å². The van der Waals surface area contributed by atoms with E-state index in [-0.39, 0.29) is 5.91 Å². The summed E-state index contributed by atoms with van der Waals surface area (Å²) in [6.07, 6.45) is 1.34. The fraction of sp³-hybridized carbons (Fsp3) is 0.360. The van der Waals surface area contributed by atoms with Crippen molar-refractivity contribution in [1.82, 2.24) is 10.2 Å². The van der Waals surface area contributed by atoms with Crippen LogP contribution in [0.15, 0.2) is 36.4 Å². The van der Waals surface area contributed by atoms with Crippen LogP contribution in [0.1, 0.15) is 25.3 Å². The highest BCUT2D eigenvalue weighted by atomic mass is 16.5. The van der Waals surface area contributed by atoms with Gasteiger partial charge in [-0.1, -0.05) is 0 Å². The van der Waals surface area contributed by atoms with Gasteiger partial charge in [0, 0.05) is 24.3 Å². The summed E-state index contributed by atoms with van der Waals surface area (Å²) in [6.45, 7) is 1.74. The van der Waals surface area contributed by atoms with E-state index in [2.05, 4.69) is 10.6 Å². The standard InChI is InChI=1S/C25H28N4O7/c1-25(15-12-18(34-2)22(36-4)19(13-15)35-3)23(32)29(24(33)27-25)14-20(30)26-16-7-9-17(10-8-16)28-11-5-6-21(28)31/h7-10,12-13H,5-6,11,14H2,1-4H3,(H,26,30)(H,27,33)/t25-/m0/s1. The van der Waals surface area contributed by atoms with Gasteiger partial charge in [-0.3, -0.25) is 19.3 Å². The van der Waals surface area contributed by atoms with E-state index in [0.717, 1.165) is 17.0 Å². The lowest BCUT2D eigenvalue weighted by atomic mass is 9.91. The first kappa shape index (κ1) is 24.8. The van der Waals surface area contributed by atoms with Crippen LogP contribution in [0, 0.1) is 0 Å². The second kappa shape index (κ2) is 9.76. The average Bonchev–Trinajstić information content (AvgIpc) is 3.39. The van der Waals surface area contributed by atoms with Gasteiger partial charge in [0.05, 0.1) is 21.3 Å².